The quantitative estimate of drug-likeness (QED) is 0.692. The van der Waals surface area contributed by atoms with E-state index in [-0.39, 0.29) is 29.8 Å². The van der Waals surface area contributed by atoms with Crippen LogP contribution < -0.4 is 10.6 Å². The maximum absolute atomic E-state index is 13.5. The maximum atomic E-state index is 13.5. The summed E-state index contributed by atoms with van der Waals surface area (Å²) in [7, 11) is 1.92. The monoisotopic (exact) mass is 383 g/mol. The molecular weight excluding hydrogens is 350 g/mol. The second kappa shape index (κ2) is 8.05. The van der Waals surface area contributed by atoms with Crippen LogP contribution in [0.1, 0.15) is 57.8 Å². The summed E-state index contributed by atoms with van der Waals surface area (Å²) in [4.78, 5) is 28.1. The maximum Gasteiger partial charge on any atom is 0.242 e. The molecule has 4 bridgehead atoms. The highest BCUT2D eigenvalue weighted by molar-refractivity contribution is 5.91. The molecule has 4 saturated carbocycles. The fourth-order valence-corrected chi connectivity index (χ4v) is 6.55. The first-order chi connectivity index (χ1) is 12.1. The number of carbonyl (C=O) groups excluding carboxylic acids is 2. The van der Waals surface area contributed by atoms with Gasteiger partial charge < -0.3 is 15.5 Å². The minimum atomic E-state index is -0.227. The van der Waals surface area contributed by atoms with Crippen LogP contribution in [0.5, 0.6) is 0 Å². The summed E-state index contributed by atoms with van der Waals surface area (Å²) in [6.45, 7) is 2.37. The number of nitrogens with one attached hydrogen (secondary N) is 2. The van der Waals surface area contributed by atoms with E-state index in [0.29, 0.717) is 12.5 Å². The number of amides is 2. The van der Waals surface area contributed by atoms with Crippen molar-refractivity contribution in [2.24, 2.45) is 23.2 Å². The van der Waals surface area contributed by atoms with E-state index < -0.39 is 0 Å². The lowest BCUT2D eigenvalue weighted by molar-refractivity contribution is -0.160. The Morgan fingerprint density at radius 1 is 1.04 bits per heavy atom. The molecule has 6 heteroatoms. The lowest BCUT2D eigenvalue weighted by atomic mass is 9.49. The lowest BCUT2D eigenvalue weighted by Crippen LogP contribution is -2.57. The molecule has 1 aliphatic heterocycles. The molecule has 0 spiro atoms. The molecule has 0 aromatic rings. The van der Waals surface area contributed by atoms with Crippen molar-refractivity contribution in [3.8, 4) is 0 Å². The summed E-state index contributed by atoms with van der Waals surface area (Å²) in [5, 5.41) is 6.14. The van der Waals surface area contributed by atoms with Gasteiger partial charge in [0.1, 0.15) is 6.04 Å². The van der Waals surface area contributed by atoms with Gasteiger partial charge in [0.05, 0.1) is 5.41 Å². The molecule has 2 amide bonds. The third kappa shape index (κ3) is 3.62. The van der Waals surface area contributed by atoms with E-state index in [1.165, 1.54) is 19.3 Å². The minimum Gasteiger partial charge on any atom is -0.354 e. The van der Waals surface area contributed by atoms with E-state index in [1.54, 1.807) is 0 Å². The van der Waals surface area contributed by atoms with Crippen molar-refractivity contribution >= 4 is 24.2 Å². The summed E-state index contributed by atoms with van der Waals surface area (Å²) in [6.07, 6.45) is 10.0. The SMILES string of the molecule is CNCCCNC(=O)C1CCCN1C(=O)C12CC3CC(CC(C3)C1)C2.Cl. The van der Waals surface area contributed by atoms with Crippen molar-refractivity contribution in [3.63, 3.8) is 0 Å². The van der Waals surface area contributed by atoms with Crippen molar-refractivity contribution in [2.75, 3.05) is 26.7 Å². The van der Waals surface area contributed by atoms with Gasteiger partial charge >= 0.3 is 0 Å². The van der Waals surface area contributed by atoms with Gasteiger partial charge in [-0.05, 0) is 89.1 Å². The normalized spacial score (nSPS) is 37.5. The van der Waals surface area contributed by atoms with Gasteiger partial charge in [0.25, 0.3) is 0 Å². The summed E-state index contributed by atoms with van der Waals surface area (Å²) in [5.41, 5.74) is -0.121. The average Bonchev–Trinajstić information content (AvgIpc) is 3.06. The summed E-state index contributed by atoms with van der Waals surface area (Å²) >= 11 is 0. The first-order valence-corrected chi connectivity index (χ1v) is 10.3. The number of hydrogen-bond acceptors (Lipinski definition) is 3. The number of nitrogens with zero attached hydrogens (tertiary/aromatic N) is 1. The van der Waals surface area contributed by atoms with Gasteiger partial charge in [0.2, 0.25) is 11.8 Å². The number of carbonyl (C=O) groups is 2. The standard InChI is InChI=1S/C20H33N3O2.ClH/c1-21-5-3-6-22-18(24)17-4-2-7-23(17)19(25)20-11-14-8-15(12-20)10-16(9-14)13-20;/h14-17,21H,2-13H2,1H3,(H,22,24);1H. The Morgan fingerprint density at radius 3 is 2.23 bits per heavy atom. The van der Waals surface area contributed by atoms with Crippen molar-refractivity contribution in [1.82, 2.24) is 15.5 Å². The predicted molar refractivity (Wildman–Crippen MR) is 104 cm³/mol. The van der Waals surface area contributed by atoms with Crippen molar-refractivity contribution in [3.05, 3.63) is 0 Å². The zero-order valence-corrected chi connectivity index (χ0v) is 16.8. The molecule has 2 N–H and O–H groups in total. The molecule has 148 valence electrons. The fraction of sp³-hybridized carbons (Fsp3) is 0.900. The van der Waals surface area contributed by atoms with Crippen molar-refractivity contribution in [1.29, 1.82) is 0 Å². The van der Waals surface area contributed by atoms with Gasteiger partial charge in [0.15, 0.2) is 0 Å². The topological polar surface area (TPSA) is 61.4 Å². The minimum absolute atomic E-state index is 0. The van der Waals surface area contributed by atoms with Crippen molar-refractivity contribution < 1.29 is 9.59 Å². The summed E-state index contributed by atoms with van der Waals surface area (Å²) in [6, 6.07) is -0.227. The van der Waals surface area contributed by atoms with E-state index in [9.17, 15) is 9.59 Å². The van der Waals surface area contributed by atoms with Crippen molar-refractivity contribution in [2.45, 2.75) is 63.8 Å². The Hall–Kier alpha value is -0.810. The van der Waals surface area contributed by atoms with Gasteiger partial charge in [-0.15, -0.1) is 12.4 Å². The van der Waals surface area contributed by atoms with Crippen LogP contribution in [0.4, 0.5) is 0 Å². The third-order valence-electron chi connectivity index (χ3n) is 7.21. The van der Waals surface area contributed by atoms with E-state index in [1.807, 2.05) is 11.9 Å². The number of rotatable bonds is 6. The summed E-state index contributed by atoms with van der Waals surface area (Å²) < 4.78 is 0. The highest BCUT2D eigenvalue weighted by Crippen LogP contribution is 2.60. The summed E-state index contributed by atoms with van der Waals surface area (Å²) in [5.74, 6) is 2.69. The molecule has 1 saturated heterocycles. The molecule has 0 aromatic heterocycles. The zero-order valence-electron chi connectivity index (χ0n) is 16.0. The van der Waals surface area contributed by atoms with Gasteiger partial charge in [-0.1, -0.05) is 0 Å². The Labute approximate surface area is 163 Å². The Kier molecular flexibility index (Phi) is 6.18. The van der Waals surface area contributed by atoms with E-state index >= 15 is 0 Å². The van der Waals surface area contributed by atoms with Crippen LogP contribution in [0.2, 0.25) is 0 Å². The van der Waals surface area contributed by atoms with Gasteiger partial charge in [0, 0.05) is 13.1 Å². The van der Waals surface area contributed by atoms with Crippen LogP contribution >= 0.6 is 12.4 Å². The zero-order chi connectivity index (χ0) is 17.4. The molecule has 1 heterocycles. The van der Waals surface area contributed by atoms with Gasteiger partial charge in [-0.2, -0.15) is 0 Å². The number of hydrogen-bond donors (Lipinski definition) is 2. The number of likely N-dealkylation sites (tertiary alicyclic amines) is 1. The second-order valence-corrected chi connectivity index (χ2v) is 9.10. The first-order valence-electron chi connectivity index (χ1n) is 10.3. The average molecular weight is 384 g/mol. The molecule has 1 atom stereocenters. The molecule has 26 heavy (non-hydrogen) atoms. The largest absolute Gasteiger partial charge is 0.354 e. The van der Waals surface area contributed by atoms with Crippen LogP contribution in [0.25, 0.3) is 0 Å². The molecule has 0 radical (unpaired) electrons. The molecule has 5 nitrogen and oxygen atoms in total. The smallest absolute Gasteiger partial charge is 0.242 e. The Bertz CT molecular complexity index is 504. The fourth-order valence-electron chi connectivity index (χ4n) is 6.55. The van der Waals surface area contributed by atoms with Crippen LogP contribution in [0.3, 0.4) is 0 Å². The van der Waals surface area contributed by atoms with Crippen LogP contribution in [0, 0.1) is 23.2 Å². The second-order valence-electron chi connectivity index (χ2n) is 9.10. The first kappa shape index (κ1) is 19.9. The molecule has 0 aromatic carbocycles. The lowest BCUT2D eigenvalue weighted by Gasteiger charge is -2.56. The highest BCUT2D eigenvalue weighted by atomic mass is 35.5. The van der Waals surface area contributed by atoms with Crippen LogP contribution in [-0.2, 0) is 9.59 Å². The Morgan fingerprint density at radius 2 is 1.65 bits per heavy atom. The number of halogens is 1. The van der Waals surface area contributed by atoms with E-state index in [4.69, 9.17) is 0 Å². The molecule has 5 fully saturated rings. The molecule has 5 rings (SSSR count). The molecule has 4 aliphatic carbocycles. The predicted octanol–water partition coefficient (Wildman–Crippen LogP) is 2.34. The Balaban J connectivity index is 0.00000196. The van der Waals surface area contributed by atoms with E-state index in [0.717, 1.165) is 69.4 Å². The van der Waals surface area contributed by atoms with Crippen LogP contribution in [-0.4, -0.2) is 49.4 Å². The molecular formula is C20H34ClN3O2. The molecule has 1 unspecified atom stereocenters. The van der Waals surface area contributed by atoms with Gasteiger partial charge in [-0.25, -0.2) is 0 Å². The molecule has 5 aliphatic rings. The van der Waals surface area contributed by atoms with Crippen LogP contribution in [0.15, 0.2) is 0 Å². The third-order valence-corrected chi connectivity index (χ3v) is 7.21. The highest BCUT2D eigenvalue weighted by Gasteiger charge is 2.56. The van der Waals surface area contributed by atoms with E-state index in [2.05, 4.69) is 10.6 Å². The van der Waals surface area contributed by atoms with Gasteiger partial charge in [-0.3, -0.25) is 9.59 Å².